The van der Waals surface area contributed by atoms with Crippen LogP contribution >= 0.6 is 11.6 Å². The Labute approximate surface area is 108 Å². The van der Waals surface area contributed by atoms with Crippen molar-refractivity contribution in [2.45, 2.75) is 18.2 Å². The standard InChI is InChI=1S/C12H12ClF2NO2/c13-8-5-12(17)16(6-8)9-3-1-2-4-10(9)18-7-11(14)15/h1-4,8,11H,5-7H2. The van der Waals surface area contributed by atoms with Crippen LogP contribution in [0.15, 0.2) is 24.3 Å². The van der Waals surface area contributed by atoms with Crippen molar-refractivity contribution in [3.8, 4) is 5.75 Å². The van der Waals surface area contributed by atoms with Crippen LogP contribution in [0.3, 0.4) is 0 Å². The molecule has 98 valence electrons. The van der Waals surface area contributed by atoms with E-state index in [1.54, 1.807) is 24.3 Å². The van der Waals surface area contributed by atoms with Crippen molar-refractivity contribution in [3.63, 3.8) is 0 Å². The summed E-state index contributed by atoms with van der Waals surface area (Å²) in [6.07, 6.45) is -2.29. The van der Waals surface area contributed by atoms with E-state index in [1.807, 2.05) is 0 Å². The first-order valence-electron chi connectivity index (χ1n) is 5.52. The maximum absolute atomic E-state index is 12.1. The molecule has 1 unspecified atom stereocenters. The second-order valence-corrected chi connectivity index (χ2v) is 4.59. The number of halogens is 3. The van der Waals surface area contributed by atoms with E-state index in [9.17, 15) is 13.6 Å². The Morgan fingerprint density at radius 2 is 2.17 bits per heavy atom. The smallest absolute Gasteiger partial charge is 0.272 e. The van der Waals surface area contributed by atoms with Gasteiger partial charge < -0.3 is 9.64 Å². The van der Waals surface area contributed by atoms with Gasteiger partial charge in [-0.05, 0) is 12.1 Å². The topological polar surface area (TPSA) is 29.5 Å². The Morgan fingerprint density at radius 1 is 1.44 bits per heavy atom. The van der Waals surface area contributed by atoms with Gasteiger partial charge in [0, 0.05) is 13.0 Å². The first kappa shape index (κ1) is 13.1. The molecule has 0 bridgehead atoms. The lowest BCUT2D eigenvalue weighted by Gasteiger charge is -2.19. The van der Waals surface area contributed by atoms with Crippen molar-refractivity contribution in [2.75, 3.05) is 18.1 Å². The molecule has 2 rings (SSSR count). The van der Waals surface area contributed by atoms with Gasteiger partial charge in [-0.2, -0.15) is 0 Å². The van der Waals surface area contributed by atoms with E-state index in [-0.39, 0.29) is 23.5 Å². The Hall–Kier alpha value is -1.36. The number of ether oxygens (including phenoxy) is 1. The molecule has 18 heavy (non-hydrogen) atoms. The second-order valence-electron chi connectivity index (χ2n) is 3.98. The van der Waals surface area contributed by atoms with E-state index in [0.29, 0.717) is 12.2 Å². The van der Waals surface area contributed by atoms with Crippen LogP contribution in [0, 0.1) is 0 Å². The molecule has 3 nitrogen and oxygen atoms in total. The molecule has 0 radical (unpaired) electrons. The molecule has 0 aliphatic carbocycles. The van der Waals surface area contributed by atoms with Crippen molar-refractivity contribution in [3.05, 3.63) is 24.3 Å². The summed E-state index contributed by atoms with van der Waals surface area (Å²) >= 11 is 5.91. The molecule has 0 spiro atoms. The lowest BCUT2D eigenvalue weighted by Crippen LogP contribution is -2.25. The summed E-state index contributed by atoms with van der Waals surface area (Å²) in [6.45, 7) is -0.321. The molecular formula is C12H12ClF2NO2. The molecule has 1 atom stereocenters. The zero-order chi connectivity index (χ0) is 13.1. The van der Waals surface area contributed by atoms with E-state index >= 15 is 0 Å². The molecule has 1 amide bonds. The molecule has 1 aromatic rings. The van der Waals surface area contributed by atoms with Crippen LogP contribution in [0.1, 0.15) is 6.42 Å². The lowest BCUT2D eigenvalue weighted by atomic mass is 10.2. The molecule has 1 aliphatic rings. The maximum atomic E-state index is 12.1. The summed E-state index contributed by atoms with van der Waals surface area (Å²) in [7, 11) is 0. The van der Waals surface area contributed by atoms with E-state index in [4.69, 9.17) is 16.3 Å². The van der Waals surface area contributed by atoms with Crippen molar-refractivity contribution in [2.24, 2.45) is 0 Å². The first-order valence-corrected chi connectivity index (χ1v) is 5.96. The zero-order valence-corrected chi connectivity index (χ0v) is 10.2. The lowest BCUT2D eigenvalue weighted by molar-refractivity contribution is -0.117. The van der Waals surface area contributed by atoms with Gasteiger partial charge >= 0.3 is 0 Å². The van der Waals surface area contributed by atoms with Crippen molar-refractivity contribution < 1.29 is 18.3 Å². The van der Waals surface area contributed by atoms with Gasteiger partial charge in [0.25, 0.3) is 6.43 Å². The number of carbonyl (C=O) groups is 1. The van der Waals surface area contributed by atoms with Gasteiger partial charge in [0.15, 0.2) is 0 Å². The Balaban J connectivity index is 2.19. The van der Waals surface area contributed by atoms with Gasteiger partial charge in [0.1, 0.15) is 12.4 Å². The van der Waals surface area contributed by atoms with Gasteiger partial charge in [0.2, 0.25) is 5.91 Å². The first-order chi connectivity index (χ1) is 8.58. The number of alkyl halides is 3. The Bertz CT molecular complexity index is 442. The zero-order valence-electron chi connectivity index (χ0n) is 9.48. The van der Waals surface area contributed by atoms with E-state index in [1.165, 1.54) is 4.90 Å². The van der Waals surface area contributed by atoms with Crippen LogP contribution in [0.5, 0.6) is 5.75 Å². The molecule has 6 heteroatoms. The predicted octanol–water partition coefficient (Wildman–Crippen LogP) is 2.67. The summed E-state index contributed by atoms with van der Waals surface area (Å²) in [4.78, 5) is 13.2. The number of rotatable bonds is 4. The third-order valence-corrected chi connectivity index (χ3v) is 2.89. The number of nitrogens with zero attached hydrogens (tertiary/aromatic N) is 1. The van der Waals surface area contributed by atoms with E-state index < -0.39 is 13.0 Å². The largest absolute Gasteiger partial charge is 0.485 e. The molecule has 0 aromatic heterocycles. The number of carbonyl (C=O) groups excluding carboxylic acids is 1. The summed E-state index contributed by atoms with van der Waals surface area (Å²) in [6, 6.07) is 6.61. The second kappa shape index (κ2) is 5.52. The molecule has 1 aromatic carbocycles. The van der Waals surface area contributed by atoms with Crippen molar-refractivity contribution >= 4 is 23.2 Å². The van der Waals surface area contributed by atoms with Gasteiger partial charge in [-0.25, -0.2) is 8.78 Å². The minimum absolute atomic E-state index is 0.122. The molecule has 0 saturated carbocycles. The van der Waals surface area contributed by atoms with Gasteiger partial charge in [0.05, 0.1) is 11.1 Å². The molecular weight excluding hydrogens is 264 g/mol. The number of hydrogen-bond donors (Lipinski definition) is 0. The van der Waals surface area contributed by atoms with Gasteiger partial charge in [-0.1, -0.05) is 12.1 Å². The number of amides is 1. The highest BCUT2D eigenvalue weighted by Gasteiger charge is 2.30. The molecule has 1 heterocycles. The minimum Gasteiger partial charge on any atom is -0.485 e. The summed E-state index contributed by atoms with van der Waals surface area (Å²) in [5.74, 6) is 0.153. The summed E-state index contributed by atoms with van der Waals surface area (Å²) < 4.78 is 29.3. The molecule has 1 aliphatic heterocycles. The third-order valence-electron chi connectivity index (χ3n) is 2.60. The maximum Gasteiger partial charge on any atom is 0.272 e. The van der Waals surface area contributed by atoms with E-state index in [0.717, 1.165) is 0 Å². The van der Waals surface area contributed by atoms with Gasteiger partial charge in [-0.15, -0.1) is 11.6 Å². The van der Waals surface area contributed by atoms with Crippen LogP contribution in [0.25, 0.3) is 0 Å². The average molecular weight is 276 g/mol. The minimum atomic E-state index is -2.55. The number of hydrogen-bond acceptors (Lipinski definition) is 2. The monoisotopic (exact) mass is 275 g/mol. The molecule has 1 saturated heterocycles. The molecule has 1 fully saturated rings. The van der Waals surface area contributed by atoms with Crippen molar-refractivity contribution in [1.82, 2.24) is 0 Å². The highest BCUT2D eigenvalue weighted by molar-refractivity contribution is 6.24. The SMILES string of the molecule is O=C1CC(Cl)CN1c1ccccc1OCC(F)F. The quantitative estimate of drug-likeness (QED) is 0.791. The fourth-order valence-corrected chi connectivity index (χ4v) is 2.12. The highest BCUT2D eigenvalue weighted by atomic mass is 35.5. The van der Waals surface area contributed by atoms with E-state index in [2.05, 4.69) is 0 Å². The summed E-state index contributed by atoms with van der Waals surface area (Å²) in [5, 5.41) is -0.249. The fraction of sp³-hybridized carbons (Fsp3) is 0.417. The van der Waals surface area contributed by atoms with Crippen molar-refractivity contribution in [1.29, 1.82) is 0 Å². The highest BCUT2D eigenvalue weighted by Crippen LogP contribution is 2.32. The molecule has 0 N–H and O–H groups in total. The fourth-order valence-electron chi connectivity index (χ4n) is 1.85. The Morgan fingerprint density at radius 3 is 2.78 bits per heavy atom. The van der Waals surface area contributed by atoms with Crippen LogP contribution in [0.2, 0.25) is 0 Å². The summed E-state index contributed by atoms with van der Waals surface area (Å²) in [5.41, 5.74) is 0.492. The van der Waals surface area contributed by atoms with Crippen LogP contribution in [-0.2, 0) is 4.79 Å². The van der Waals surface area contributed by atoms with Crippen LogP contribution in [-0.4, -0.2) is 30.9 Å². The van der Waals surface area contributed by atoms with Gasteiger partial charge in [-0.3, -0.25) is 4.79 Å². The predicted molar refractivity (Wildman–Crippen MR) is 64.6 cm³/mol. The normalized spacial score (nSPS) is 19.7. The number of benzene rings is 1. The average Bonchev–Trinajstić information content (AvgIpc) is 2.66. The van der Waals surface area contributed by atoms with Crippen LogP contribution < -0.4 is 9.64 Å². The van der Waals surface area contributed by atoms with Crippen LogP contribution in [0.4, 0.5) is 14.5 Å². The third kappa shape index (κ3) is 2.90. The Kier molecular flexibility index (Phi) is 4.01. The number of anilines is 1. The number of para-hydroxylation sites is 2.